The molecule has 28 heavy (non-hydrogen) atoms. The molecule has 1 aromatic heterocycles. The molecule has 1 aliphatic rings. The minimum Gasteiger partial charge on any atom is -0.497 e. The fourth-order valence-electron chi connectivity index (χ4n) is 3.49. The molecule has 7 heteroatoms. The van der Waals surface area contributed by atoms with Crippen LogP contribution in [0.25, 0.3) is 10.8 Å². The van der Waals surface area contributed by atoms with Crippen molar-refractivity contribution in [2.75, 3.05) is 45.9 Å². The van der Waals surface area contributed by atoms with Crippen molar-refractivity contribution in [2.45, 2.75) is 6.10 Å². The lowest BCUT2D eigenvalue weighted by molar-refractivity contribution is 0.0395. The highest BCUT2D eigenvalue weighted by atomic mass is 16.5. The molecule has 1 fully saturated rings. The summed E-state index contributed by atoms with van der Waals surface area (Å²) in [7, 11) is 4.92. The highest BCUT2D eigenvalue weighted by Crippen LogP contribution is 2.36. The van der Waals surface area contributed by atoms with E-state index in [0.717, 1.165) is 34.4 Å². The molecule has 0 aliphatic carbocycles. The molecule has 1 saturated heterocycles. The van der Waals surface area contributed by atoms with Gasteiger partial charge in [-0.25, -0.2) is 0 Å². The fourth-order valence-corrected chi connectivity index (χ4v) is 3.49. The zero-order valence-corrected chi connectivity index (χ0v) is 16.2. The fraction of sp³-hybridized carbons (Fsp3) is 0.333. The van der Waals surface area contributed by atoms with Crippen molar-refractivity contribution < 1.29 is 18.9 Å². The van der Waals surface area contributed by atoms with Crippen LogP contribution in [0.1, 0.15) is 11.7 Å². The molecule has 0 amide bonds. The maximum Gasteiger partial charge on any atom is 0.161 e. The third kappa shape index (κ3) is 3.41. The minimum atomic E-state index is -0.0446. The van der Waals surface area contributed by atoms with Crippen molar-refractivity contribution >= 4 is 16.6 Å². The Hall–Kier alpha value is -3.06. The van der Waals surface area contributed by atoms with E-state index in [1.165, 1.54) is 0 Å². The normalized spacial score (nSPS) is 16.8. The van der Waals surface area contributed by atoms with Crippen LogP contribution >= 0.6 is 0 Å². The number of ether oxygens (including phenoxy) is 4. The summed E-state index contributed by atoms with van der Waals surface area (Å²) in [4.78, 5) is 2.21. The predicted octanol–water partition coefficient (Wildman–Crippen LogP) is 3.23. The van der Waals surface area contributed by atoms with Gasteiger partial charge in [0.05, 0.1) is 34.1 Å². The predicted molar refractivity (Wildman–Crippen MR) is 107 cm³/mol. The lowest BCUT2D eigenvalue weighted by Crippen LogP contribution is -2.39. The van der Waals surface area contributed by atoms with Gasteiger partial charge in [0.15, 0.2) is 17.3 Å². The Kier molecular flexibility index (Phi) is 5.16. The molecule has 2 heterocycles. The molecule has 4 rings (SSSR count). The SMILES string of the molecule is COc1ccc(C2CN(c3nncc4cc(OC)c(OC)cc34)CCO2)cc1. The van der Waals surface area contributed by atoms with Crippen LogP contribution in [0.5, 0.6) is 17.2 Å². The number of morpholine rings is 1. The number of fused-ring (bicyclic) bond motifs is 1. The Bertz CT molecular complexity index is 962. The molecule has 0 bridgehead atoms. The summed E-state index contributed by atoms with van der Waals surface area (Å²) in [5.74, 6) is 2.99. The molecular formula is C21H23N3O4. The van der Waals surface area contributed by atoms with Crippen molar-refractivity contribution in [2.24, 2.45) is 0 Å². The molecule has 1 atom stereocenters. The largest absolute Gasteiger partial charge is 0.497 e. The van der Waals surface area contributed by atoms with Gasteiger partial charge >= 0.3 is 0 Å². The van der Waals surface area contributed by atoms with E-state index in [1.54, 1.807) is 27.5 Å². The van der Waals surface area contributed by atoms with Gasteiger partial charge in [-0.05, 0) is 29.8 Å². The average Bonchev–Trinajstić information content (AvgIpc) is 2.77. The van der Waals surface area contributed by atoms with Gasteiger partial charge in [0, 0.05) is 23.9 Å². The lowest BCUT2D eigenvalue weighted by atomic mass is 10.1. The molecule has 1 unspecified atom stereocenters. The van der Waals surface area contributed by atoms with Crippen LogP contribution in [-0.4, -0.2) is 51.2 Å². The van der Waals surface area contributed by atoms with Gasteiger partial charge < -0.3 is 23.8 Å². The summed E-state index contributed by atoms with van der Waals surface area (Å²) in [5.41, 5.74) is 1.11. The molecule has 7 nitrogen and oxygen atoms in total. The molecule has 0 spiro atoms. The number of hydrogen-bond acceptors (Lipinski definition) is 7. The first kappa shape index (κ1) is 18.3. The third-order valence-electron chi connectivity index (χ3n) is 5.00. The smallest absolute Gasteiger partial charge is 0.161 e. The highest BCUT2D eigenvalue weighted by Gasteiger charge is 2.25. The van der Waals surface area contributed by atoms with E-state index < -0.39 is 0 Å². The number of rotatable bonds is 5. The van der Waals surface area contributed by atoms with Gasteiger partial charge in [-0.2, -0.15) is 5.10 Å². The van der Waals surface area contributed by atoms with E-state index in [-0.39, 0.29) is 6.10 Å². The van der Waals surface area contributed by atoms with Gasteiger partial charge in [-0.1, -0.05) is 12.1 Å². The van der Waals surface area contributed by atoms with E-state index in [1.807, 2.05) is 36.4 Å². The Morgan fingerprint density at radius 2 is 1.75 bits per heavy atom. The first-order valence-corrected chi connectivity index (χ1v) is 9.11. The summed E-state index contributed by atoms with van der Waals surface area (Å²) in [5, 5.41) is 10.5. The maximum absolute atomic E-state index is 6.01. The second-order valence-electron chi connectivity index (χ2n) is 6.54. The summed E-state index contributed by atoms with van der Waals surface area (Å²) in [6.07, 6.45) is 1.69. The van der Waals surface area contributed by atoms with E-state index >= 15 is 0 Å². The topological polar surface area (TPSA) is 65.9 Å². The van der Waals surface area contributed by atoms with E-state index in [0.29, 0.717) is 24.7 Å². The van der Waals surface area contributed by atoms with Crippen LogP contribution in [-0.2, 0) is 4.74 Å². The number of methoxy groups -OCH3 is 3. The monoisotopic (exact) mass is 381 g/mol. The van der Waals surface area contributed by atoms with E-state index in [9.17, 15) is 0 Å². The molecule has 0 saturated carbocycles. The summed E-state index contributed by atoms with van der Waals surface area (Å²) in [6.45, 7) is 2.05. The number of benzene rings is 2. The van der Waals surface area contributed by atoms with Gasteiger partial charge in [0.2, 0.25) is 0 Å². The Morgan fingerprint density at radius 1 is 1.00 bits per heavy atom. The molecule has 0 radical (unpaired) electrons. The van der Waals surface area contributed by atoms with Crippen molar-refractivity contribution in [3.05, 3.63) is 48.2 Å². The number of anilines is 1. The van der Waals surface area contributed by atoms with Gasteiger partial charge in [-0.15, -0.1) is 5.10 Å². The lowest BCUT2D eigenvalue weighted by Gasteiger charge is -2.34. The average molecular weight is 381 g/mol. The third-order valence-corrected chi connectivity index (χ3v) is 5.00. The summed E-state index contributed by atoms with van der Waals surface area (Å²) in [6, 6.07) is 11.9. The second kappa shape index (κ2) is 7.90. The molecule has 146 valence electrons. The second-order valence-corrected chi connectivity index (χ2v) is 6.54. The van der Waals surface area contributed by atoms with Crippen LogP contribution in [0.4, 0.5) is 5.82 Å². The Labute approximate surface area is 163 Å². The maximum atomic E-state index is 6.01. The zero-order valence-electron chi connectivity index (χ0n) is 16.2. The van der Waals surface area contributed by atoms with Crippen LogP contribution in [0.3, 0.4) is 0 Å². The van der Waals surface area contributed by atoms with Gasteiger partial charge in [0.1, 0.15) is 11.9 Å². The first-order chi connectivity index (χ1) is 13.7. The van der Waals surface area contributed by atoms with Crippen LogP contribution in [0.15, 0.2) is 42.6 Å². The van der Waals surface area contributed by atoms with Crippen molar-refractivity contribution in [3.8, 4) is 17.2 Å². The minimum absolute atomic E-state index is 0.0446. The molecule has 0 N–H and O–H groups in total. The first-order valence-electron chi connectivity index (χ1n) is 9.11. The number of aromatic nitrogens is 2. The number of nitrogens with zero attached hydrogens (tertiary/aromatic N) is 3. The number of hydrogen-bond donors (Lipinski definition) is 0. The van der Waals surface area contributed by atoms with E-state index in [2.05, 4.69) is 15.1 Å². The van der Waals surface area contributed by atoms with Crippen LogP contribution < -0.4 is 19.1 Å². The van der Waals surface area contributed by atoms with Crippen LogP contribution in [0.2, 0.25) is 0 Å². The molecule has 3 aromatic rings. The quantitative estimate of drug-likeness (QED) is 0.672. The molecule has 2 aromatic carbocycles. The zero-order chi connectivity index (χ0) is 19.5. The standard InChI is InChI=1S/C21H23N3O4/c1-25-16-6-4-14(5-7-16)20-13-24(8-9-28-20)21-17-11-19(27-3)18(26-2)10-15(17)12-22-23-21/h4-7,10-12,20H,8-9,13H2,1-3H3. The van der Waals surface area contributed by atoms with E-state index in [4.69, 9.17) is 18.9 Å². The van der Waals surface area contributed by atoms with Crippen molar-refractivity contribution in [1.29, 1.82) is 0 Å². The highest BCUT2D eigenvalue weighted by molar-refractivity contribution is 5.94. The Balaban J connectivity index is 1.66. The van der Waals surface area contributed by atoms with Crippen molar-refractivity contribution in [1.82, 2.24) is 10.2 Å². The molecular weight excluding hydrogens is 358 g/mol. The Morgan fingerprint density at radius 3 is 2.46 bits per heavy atom. The summed E-state index contributed by atoms with van der Waals surface area (Å²) >= 11 is 0. The van der Waals surface area contributed by atoms with Gasteiger partial charge in [-0.3, -0.25) is 0 Å². The molecule has 1 aliphatic heterocycles. The summed E-state index contributed by atoms with van der Waals surface area (Å²) < 4.78 is 22.1. The van der Waals surface area contributed by atoms with Crippen LogP contribution in [0, 0.1) is 0 Å². The van der Waals surface area contributed by atoms with Crippen molar-refractivity contribution in [3.63, 3.8) is 0 Å². The van der Waals surface area contributed by atoms with Gasteiger partial charge in [0.25, 0.3) is 0 Å².